The number of nitrogens with zero attached hydrogens (tertiary/aromatic N) is 2. The Morgan fingerprint density at radius 1 is 1.04 bits per heavy atom. The zero-order chi connectivity index (χ0) is 19.1. The standard InChI is InChI=1S/C20H23IN4O2/c21-17-7-3-2-6-16(17)20(27)24-14-19(26)23-13-15-8-9-18(22-12-15)25-10-4-1-5-11-25/h2-3,6-9,12H,1,4-5,10-11,13-14H2,(H,23,26)(H,24,27). The van der Waals surface area contributed by atoms with Gasteiger partial charge in [-0.15, -0.1) is 0 Å². The highest BCUT2D eigenvalue weighted by molar-refractivity contribution is 14.1. The van der Waals surface area contributed by atoms with Gasteiger partial charge in [0.15, 0.2) is 0 Å². The largest absolute Gasteiger partial charge is 0.357 e. The Morgan fingerprint density at radius 3 is 2.52 bits per heavy atom. The number of hydrogen-bond acceptors (Lipinski definition) is 4. The van der Waals surface area contributed by atoms with E-state index in [-0.39, 0.29) is 18.4 Å². The number of piperidine rings is 1. The summed E-state index contributed by atoms with van der Waals surface area (Å²) < 4.78 is 0.855. The summed E-state index contributed by atoms with van der Waals surface area (Å²) in [6.07, 6.45) is 5.52. The van der Waals surface area contributed by atoms with Crippen molar-refractivity contribution in [2.75, 3.05) is 24.5 Å². The Kier molecular flexibility index (Phi) is 7.03. The van der Waals surface area contributed by atoms with Crippen molar-refractivity contribution in [2.24, 2.45) is 0 Å². The highest BCUT2D eigenvalue weighted by Gasteiger charge is 2.12. The molecule has 1 aliphatic rings. The van der Waals surface area contributed by atoms with Crippen LogP contribution in [-0.4, -0.2) is 36.4 Å². The van der Waals surface area contributed by atoms with E-state index in [2.05, 4.69) is 43.1 Å². The summed E-state index contributed by atoms with van der Waals surface area (Å²) in [7, 11) is 0. The smallest absolute Gasteiger partial charge is 0.252 e. The van der Waals surface area contributed by atoms with Gasteiger partial charge in [0.1, 0.15) is 5.82 Å². The van der Waals surface area contributed by atoms with Crippen LogP contribution in [0.15, 0.2) is 42.6 Å². The van der Waals surface area contributed by atoms with E-state index >= 15 is 0 Å². The van der Waals surface area contributed by atoms with E-state index in [1.807, 2.05) is 24.3 Å². The Morgan fingerprint density at radius 2 is 1.81 bits per heavy atom. The molecule has 2 amide bonds. The molecule has 6 nitrogen and oxygen atoms in total. The van der Waals surface area contributed by atoms with Crippen molar-refractivity contribution in [3.05, 3.63) is 57.3 Å². The molecule has 1 aliphatic heterocycles. The Hall–Kier alpha value is -2.16. The second-order valence-electron chi connectivity index (χ2n) is 6.51. The molecule has 0 atom stereocenters. The number of hydrogen-bond donors (Lipinski definition) is 2. The Bertz CT molecular complexity index is 789. The number of halogens is 1. The minimum Gasteiger partial charge on any atom is -0.357 e. The maximum Gasteiger partial charge on any atom is 0.252 e. The van der Waals surface area contributed by atoms with Crippen molar-refractivity contribution in [3.63, 3.8) is 0 Å². The van der Waals surface area contributed by atoms with Crippen LogP contribution in [-0.2, 0) is 11.3 Å². The fourth-order valence-electron chi connectivity index (χ4n) is 3.00. The first-order valence-corrected chi connectivity index (χ1v) is 10.2. The molecule has 0 aliphatic carbocycles. The zero-order valence-corrected chi connectivity index (χ0v) is 17.2. The third-order valence-electron chi connectivity index (χ3n) is 4.51. The Balaban J connectivity index is 1.43. The van der Waals surface area contributed by atoms with Gasteiger partial charge in [-0.1, -0.05) is 18.2 Å². The quantitative estimate of drug-likeness (QED) is 0.627. The lowest BCUT2D eigenvalue weighted by molar-refractivity contribution is -0.120. The van der Waals surface area contributed by atoms with Crippen molar-refractivity contribution in [2.45, 2.75) is 25.8 Å². The molecule has 142 valence electrons. The second kappa shape index (κ2) is 9.68. The van der Waals surface area contributed by atoms with Gasteiger partial charge < -0.3 is 15.5 Å². The van der Waals surface area contributed by atoms with Crippen LogP contribution < -0.4 is 15.5 Å². The van der Waals surface area contributed by atoms with Crippen molar-refractivity contribution >= 4 is 40.2 Å². The molecule has 2 N–H and O–H groups in total. The molecule has 1 saturated heterocycles. The topological polar surface area (TPSA) is 74.3 Å². The second-order valence-corrected chi connectivity index (χ2v) is 7.67. The third kappa shape index (κ3) is 5.66. The summed E-state index contributed by atoms with van der Waals surface area (Å²) in [6.45, 7) is 2.46. The molecular weight excluding hydrogens is 455 g/mol. The van der Waals surface area contributed by atoms with Gasteiger partial charge >= 0.3 is 0 Å². The van der Waals surface area contributed by atoms with Gasteiger partial charge in [-0.3, -0.25) is 9.59 Å². The summed E-state index contributed by atoms with van der Waals surface area (Å²) in [5.74, 6) is 0.520. The highest BCUT2D eigenvalue weighted by atomic mass is 127. The van der Waals surface area contributed by atoms with Crippen molar-refractivity contribution < 1.29 is 9.59 Å². The van der Waals surface area contributed by atoms with Crippen molar-refractivity contribution in [1.29, 1.82) is 0 Å². The minimum atomic E-state index is -0.247. The summed E-state index contributed by atoms with van der Waals surface area (Å²) in [5.41, 5.74) is 1.51. The molecule has 1 fully saturated rings. The number of anilines is 1. The predicted octanol–water partition coefficient (Wildman–Crippen LogP) is 2.72. The molecule has 1 aromatic carbocycles. The minimum absolute atomic E-state index is 0.0525. The number of benzene rings is 1. The van der Waals surface area contributed by atoms with Crippen LogP contribution in [0, 0.1) is 3.57 Å². The molecule has 27 heavy (non-hydrogen) atoms. The zero-order valence-electron chi connectivity index (χ0n) is 15.1. The number of pyridine rings is 1. The maximum atomic E-state index is 12.1. The molecular formula is C20H23IN4O2. The first kappa shape index (κ1) is 19.6. The fraction of sp³-hybridized carbons (Fsp3) is 0.350. The molecule has 1 aromatic heterocycles. The number of nitrogens with one attached hydrogen (secondary N) is 2. The fourth-order valence-corrected chi connectivity index (χ4v) is 3.63. The summed E-state index contributed by atoms with van der Waals surface area (Å²) in [5, 5.41) is 5.46. The van der Waals surface area contributed by atoms with Gasteiger partial charge in [0.05, 0.1) is 12.1 Å². The van der Waals surface area contributed by atoms with E-state index in [4.69, 9.17) is 0 Å². The molecule has 2 heterocycles. The Labute approximate surface area is 172 Å². The maximum absolute atomic E-state index is 12.1. The van der Waals surface area contributed by atoms with Gasteiger partial charge in [0, 0.05) is 29.4 Å². The van der Waals surface area contributed by atoms with E-state index in [0.29, 0.717) is 12.1 Å². The lowest BCUT2D eigenvalue weighted by Crippen LogP contribution is -2.36. The summed E-state index contributed by atoms with van der Waals surface area (Å²) in [6, 6.07) is 11.3. The van der Waals surface area contributed by atoms with Crippen molar-refractivity contribution in [3.8, 4) is 0 Å². The van der Waals surface area contributed by atoms with E-state index in [1.165, 1.54) is 19.3 Å². The van der Waals surface area contributed by atoms with Crippen molar-refractivity contribution in [1.82, 2.24) is 15.6 Å². The molecule has 0 spiro atoms. The predicted molar refractivity (Wildman–Crippen MR) is 114 cm³/mol. The number of rotatable bonds is 6. The van der Waals surface area contributed by atoms with Crippen LogP contribution in [0.2, 0.25) is 0 Å². The van der Waals surface area contributed by atoms with Gasteiger partial charge in [-0.2, -0.15) is 0 Å². The van der Waals surface area contributed by atoms with Crippen LogP contribution in [0.3, 0.4) is 0 Å². The molecule has 0 radical (unpaired) electrons. The van der Waals surface area contributed by atoms with Crippen LogP contribution >= 0.6 is 22.6 Å². The van der Waals surface area contributed by atoms with Gasteiger partial charge in [0.25, 0.3) is 5.91 Å². The van der Waals surface area contributed by atoms with Crippen LogP contribution in [0.25, 0.3) is 0 Å². The molecule has 0 bridgehead atoms. The van der Waals surface area contributed by atoms with Gasteiger partial charge in [-0.05, 0) is 65.6 Å². The molecule has 7 heteroatoms. The average Bonchev–Trinajstić information content (AvgIpc) is 2.72. The molecule has 0 saturated carbocycles. The van der Waals surface area contributed by atoms with Crippen LogP contribution in [0.4, 0.5) is 5.82 Å². The van der Waals surface area contributed by atoms with E-state index in [0.717, 1.165) is 28.0 Å². The van der Waals surface area contributed by atoms with Crippen LogP contribution in [0.1, 0.15) is 35.2 Å². The normalized spacial score (nSPS) is 13.9. The average molecular weight is 478 g/mol. The van der Waals surface area contributed by atoms with E-state index < -0.39 is 0 Å². The van der Waals surface area contributed by atoms with Crippen LogP contribution in [0.5, 0.6) is 0 Å². The third-order valence-corrected chi connectivity index (χ3v) is 5.45. The van der Waals surface area contributed by atoms with Gasteiger partial charge in [0.2, 0.25) is 5.91 Å². The molecule has 3 rings (SSSR count). The first-order chi connectivity index (χ1) is 13.1. The number of carbonyl (C=O) groups is 2. The van der Waals surface area contributed by atoms with Gasteiger partial charge in [-0.25, -0.2) is 4.98 Å². The first-order valence-electron chi connectivity index (χ1n) is 9.13. The number of aromatic nitrogens is 1. The number of carbonyl (C=O) groups excluding carboxylic acids is 2. The molecule has 2 aromatic rings. The highest BCUT2D eigenvalue weighted by Crippen LogP contribution is 2.17. The summed E-state index contributed by atoms with van der Waals surface area (Å²) in [4.78, 5) is 30.9. The molecule has 0 unspecified atom stereocenters. The number of amides is 2. The van der Waals surface area contributed by atoms with E-state index in [9.17, 15) is 9.59 Å². The SMILES string of the molecule is O=C(CNC(=O)c1ccccc1I)NCc1ccc(N2CCCCC2)nc1. The lowest BCUT2D eigenvalue weighted by Gasteiger charge is -2.27. The summed E-state index contributed by atoms with van der Waals surface area (Å²) >= 11 is 2.10. The monoisotopic (exact) mass is 478 g/mol. The van der Waals surface area contributed by atoms with E-state index in [1.54, 1.807) is 18.3 Å². The lowest BCUT2D eigenvalue weighted by atomic mass is 10.1.